The fourth-order valence-corrected chi connectivity index (χ4v) is 3.97. The lowest BCUT2D eigenvalue weighted by atomic mass is 10.0. The summed E-state index contributed by atoms with van der Waals surface area (Å²) in [5, 5.41) is 1.37. The van der Waals surface area contributed by atoms with Gasteiger partial charge in [0.2, 0.25) is 5.78 Å². The van der Waals surface area contributed by atoms with Gasteiger partial charge in [-0.3, -0.25) is 4.40 Å². The Kier molecular flexibility index (Phi) is 5.30. The average molecular weight is 449 g/mol. The van der Waals surface area contributed by atoms with Crippen LogP contribution in [0.4, 0.5) is 0 Å². The smallest absolute Gasteiger partial charge is 0.235 e. The van der Waals surface area contributed by atoms with Crippen LogP contribution in [0.15, 0.2) is 42.6 Å². The summed E-state index contributed by atoms with van der Waals surface area (Å²) in [7, 11) is 3.13. The Hall–Kier alpha value is -2.47. The van der Waals surface area contributed by atoms with Crippen LogP contribution in [0.2, 0.25) is 15.1 Å². The van der Waals surface area contributed by atoms with Crippen molar-refractivity contribution in [1.82, 2.24) is 14.4 Å². The Balaban J connectivity index is 2.05. The molecule has 0 unspecified atom stereocenters. The van der Waals surface area contributed by atoms with Gasteiger partial charge in [-0.2, -0.15) is 0 Å². The molecular weight excluding hydrogens is 433 g/mol. The molecule has 2 aromatic carbocycles. The van der Waals surface area contributed by atoms with E-state index in [1.54, 1.807) is 26.4 Å². The van der Waals surface area contributed by atoms with Gasteiger partial charge in [-0.25, -0.2) is 9.97 Å². The summed E-state index contributed by atoms with van der Waals surface area (Å²) < 4.78 is 12.6. The highest BCUT2D eigenvalue weighted by atomic mass is 35.5. The fourth-order valence-electron chi connectivity index (χ4n) is 3.16. The van der Waals surface area contributed by atoms with E-state index in [4.69, 9.17) is 49.3 Å². The molecule has 2 aromatic heterocycles. The number of benzene rings is 2. The second-order valence-corrected chi connectivity index (χ2v) is 7.59. The van der Waals surface area contributed by atoms with Crippen LogP contribution in [0.1, 0.15) is 5.69 Å². The maximum absolute atomic E-state index is 6.53. The van der Waals surface area contributed by atoms with E-state index in [9.17, 15) is 0 Å². The molecular formula is C21H16Cl3N3O2. The van der Waals surface area contributed by atoms with Crippen molar-refractivity contribution >= 4 is 40.6 Å². The summed E-state index contributed by atoms with van der Waals surface area (Å²) in [5.74, 6) is 1.64. The second kappa shape index (κ2) is 7.75. The number of halogens is 3. The zero-order valence-electron chi connectivity index (χ0n) is 15.8. The van der Waals surface area contributed by atoms with Crippen LogP contribution >= 0.6 is 34.8 Å². The average Bonchev–Trinajstić information content (AvgIpc) is 3.06. The Morgan fingerprint density at radius 2 is 1.55 bits per heavy atom. The molecule has 0 amide bonds. The summed E-state index contributed by atoms with van der Waals surface area (Å²) in [5.41, 5.74) is 3.81. The van der Waals surface area contributed by atoms with Crippen LogP contribution in [-0.4, -0.2) is 28.6 Å². The number of imidazole rings is 1. The van der Waals surface area contributed by atoms with Crippen LogP contribution in [0.25, 0.3) is 28.3 Å². The summed E-state index contributed by atoms with van der Waals surface area (Å²) in [6, 6.07) is 10.9. The first kappa shape index (κ1) is 19.8. The molecule has 0 N–H and O–H groups in total. The standard InChI is InChI=1S/C21H16Cl3N3O2/c1-11-6-7-27-20(12-4-5-17(28-2)15(23)8-12)19(26-21(27)25-11)13-9-18(29-3)16(24)10-14(13)22/h4-10H,1-3H3. The molecule has 4 rings (SSSR count). The third kappa shape index (κ3) is 3.50. The van der Waals surface area contributed by atoms with Crippen molar-refractivity contribution in [3.8, 4) is 34.0 Å². The van der Waals surface area contributed by atoms with Crippen molar-refractivity contribution < 1.29 is 9.47 Å². The Labute approximate surface area is 182 Å². The molecule has 148 valence electrons. The summed E-state index contributed by atoms with van der Waals surface area (Å²) in [4.78, 5) is 9.30. The zero-order valence-corrected chi connectivity index (χ0v) is 18.1. The number of methoxy groups -OCH3 is 2. The van der Waals surface area contributed by atoms with Crippen molar-refractivity contribution in [3.63, 3.8) is 0 Å². The van der Waals surface area contributed by atoms with Gasteiger partial charge in [0, 0.05) is 23.0 Å². The number of hydrogen-bond acceptors (Lipinski definition) is 4. The molecule has 8 heteroatoms. The molecule has 0 saturated carbocycles. The number of fused-ring (bicyclic) bond motifs is 1. The molecule has 0 aliphatic carbocycles. The van der Waals surface area contributed by atoms with Crippen LogP contribution in [0, 0.1) is 6.92 Å². The van der Waals surface area contributed by atoms with E-state index in [1.165, 1.54) is 0 Å². The summed E-state index contributed by atoms with van der Waals surface area (Å²) in [6.07, 6.45) is 1.92. The van der Waals surface area contributed by atoms with Crippen LogP contribution in [-0.2, 0) is 0 Å². The number of hydrogen-bond donors (Lipinski definition) is 0. The Bertz CT molecular complexity index is 1240. The number of rotatable bonds is 4. The van der Waals surface area contributed by atoms with E-state index in [-0.39, 0.29) is 0 Å². The first-order valence-corrected chi connectivity index (χ1v) is 9.79. The molecule has 0 aliphatic rings. The minimum atomic E-state index is 0.424. The lowest BCUT2D eigenvalue weighted by Crippen LogP contribution is -1.94. The van der Waals surface area contributed by atoms with Gasteiger partial charge >= 0.3 is 0 Å². The van der Waals surface area contributed by atoms with E-state index in [2.05, 4.69) is 4.98 Å². The third-order valence-electron chi connectivity index (χ3n) is 4.56. The summed E-state index contributed by atoms with van der Waals surface area (Å²) >= 11 is 19.1. The molecule has 29 heavy (non-hydrogen) atoms. The topological polar surface area (TPSA) is 48.7 Å². The lowest BCUT2D eigenvalue weighted by molar-refractivity contribution is 0.415. The van der Waals surface area contributed by atoms with Crippen molar-refractivity contribution in [3.05, 3.63) is 63.4 Å². The fraction of sp³-hybridized carbons (Fsp3) is 0.143. The first-order chi connectivity index (χ1) is 13.9. The summed E-state index contributed by atoms with van der Waals surface area (Å²) in [6.45, 7) is 1.91. The predicted octanol–water partition coefficient (Wildman–Crippen LogP) is 6.35. The van der Waals surface area contributed by atoms with E-state index in [0.29, 0.717) is 43.6 Å². The van der Waals surface area contributed by atoms with Gasteiger partial charge in [0.25, 0.3) is 0 Å². The molecule has 0 saturated heterocycles. The van der Waals surface area contributed by atoms with Gasteiger partial charge in [0.05, 0.1) is 35.0 Å². The van der Waals surface area contributed by atoms with Gasteiger partial charge in [0.15, 0.2) is 0 Å². The van der Waals surface area contributed by atoms with Gasteiger partial charge in [-0.05, 0) is 43.3 Å². The molecule has 0 aliphatic heterocycles. The van der Waals surface area contributed by atoms with E-state index >= 15 is 0 Å². The Morgan fingerprint density at radius 3 is 2.24 bits per heavy atom. The predicted molar refractivity (Wildman–Crippen MR) is 117 cm³/mol. The Morgan fingerprint density at radius 1 is 0.828 bits per heavy atom. The van der Waals surface area contributed by atoms with Crippen LogP contribution in [0.3, 0.4) is 0 Å². The third-order valence-corrected chi connectivity index (χ3v) is 5.46. The highest BCUT2D eigenvalue weighted by Gasteiger charge is 2.21. The van der Waals surface area contributed by atoms with Crippen molar-refractivity contribution in [2.45, 2.75) is 6.92 Å². The van der Waals surface area contributed by atoms with Gasteiger partial charge in [-0.15, -0.1) is 0 Å². The molecule has 0 bridgehead atoms. The zero-order chi connectivity index (χ0) is 20.7. The van der Waals surface area contributed by atoms with Gasteiger partial charge in [-0.1, -0.05) is 34.8 Å². The number of aromatic nitrogens is 3. The largest absolute Gasteiger partial charge is 0.495 e. The van der Waals surface area contributed by atoms with Gasteiger partial charge < -0.3 is 9.47 Å². The molecule has 0 spiro atoms. The van der Waals surface area contributed by atoms with Crippen molar-refractivity contribution in [2.24, 2.45) is 0 Å². The minimum Gasteiger partial charge on any atom is -0.495 e. The second-order valence-electron chi connectivity index (χ2n) is 6.36. The van der Waals surface area contributed by atoms with E-state index in [1.807, 2.05) is 41.8 Å². The van der Waals surface area contributed by atoms with Gasteiger partial charge in [0.1, 0.15) is 17.2 Å². The van der Waals surface area contributed by atoms with Crippen LogP contribution in [0.5, 0.6) is 11.5 Å². The lowest BCUT2D eigenvalue weighted by Gasteiger charge is -2.11. The number of aryl methyl sites for hydroxylation is 1. The molecule has 2 heterocycles. The van der Waals surface area contributed by atoms with Crippen LogP contribution < -0.4 is 9.47 Å². The molecule has 5 nitrogen and oxygen atoms in total. The molecule has 0 radical (unpaired) electrons. The molecule has 4 aromatic rings. The SMILES string of the molecule is COc1ccc(-c2c(-c3cc(OC)c(Cl)cc3Cl)nc3nc(C)ccn23)cc1Cl. The number of nitrogens with zero attached hydrogens (tertiary/aromatic N) is 3. The van der Waals surface area contributed by atoms with E-state index in [0.717, 1.165) is 17.0 Å². The maximum Gasteiger partial charge on any atom is 0.235 e. The monoisotopic (exact) mass is 447 g/mol. The molecule has 0 atom stereocenters. The minimum absolute atomic E-state index is 0.424. The number of ether oxygens (including phenoxy) is 2. The quantitative estimate of drug-likeness (QED) is 0.365. The maximum atomic E-state index is 6.53. The highest BCUT2D eigenvalue weighted by molar-refractivity contribution is 6.37. The van der Waals surface area contributed by atoms with Crippen molar-refractivity contribution in [2.75, 3.05) is 14.2 Å². The van der Waals surface area contributed by atoms with E-state index < -0.39 is 0 Å². The highest BCUT2D eigenvalue weighted by Crippen LogP contribution is 2.41. The normalized spacial score (nSPS) is 11.1. The first-order valence-electron chi connectivity index (χ1n) is 8.66. The van der Waals surface area contributed by atoms with Crippen molar-refractivity contribution in [1.29, 1.82) is 0 Å². The molecule has 0 fully saturated rings.